The van der Waals surface area contributed by atoms with Gasteiger partial charge in [-0.3, -0.25) is 4.99 Å². The predicted octanol–water partition coefficient (Wildman–Crippen LogP) is 2.52. The fourth-order valence-electron chi connectivity index (χ4n) is 2.72. The number of benzene rings is 1. The Morgan fingerprint density at radius 3 is 2.50 bits per heavy atom. The average molecular weight is 310 g/mol. The van der Waals surface area contributed by atoms with Crippen LogP contribution in [0.5, 0.6) is 0 Å². The summed E-state index contributed by atoms with van der Waals surface area (Å²) < 4.78 is 0. The van der Waals surface area contributed by atoms with Crippen LogP contribution >= 0.6 is 24.6 Å². The molecule has 1 aromatic rings. The van der Waals surface area contributed by atoms with Crippen LogP contribution in [-0.2, 0) is 0 Å². The third kappa shape index (κ3) is 2.73. The number of hydrogen-bond acceptors (Lipinski definition) is 3. The zero-order valence-electron chi connectivity index (χ0n) is 11.8. The number of nitrogens with zero attached hydrogens (tertiary/aromatic N) is 1. The highest BCUT2D eigenvalue weighted by atomic mass is 35.5. The van der Waals surface area contributed by atoms with E-state index in [2.05, 4.69) is 42.7 Å². The van der Waals surface area contributed by atoms with Crippen LogP contribution in [0.25, 0.3) is 0 Å². The van der Waals surface area contributed by atoms with E-state index in [9.17, 15) is 0 Å². The zero-order chi connectivity index (χ0) is 13.5. The molecule has 2 heterocycles. The van der Waals surface area contributed by atoms with E-state index >= 15 is 0 Å². The van der Waals surface area contributed by atoms with Crippen LogP contribution < -0.4 is 10.6 Å². The van der Waals surface area contributed by atoms with Crippen molar-refractivity contribution < 1.29 is 0 Å². The molecule has 0 unspecified atom stereocenters. The Labute approximate surface area is 131 Å². The van der Waals surface area contributed by atoms with E-state index in [0.29, 0.717) is 0 Å². The molecule has 0 atom stereocenters. The summed E-state index contributed by atoms with van der Waals surface area (Å²) in [7, 11) is 0. The maximum atomic E-state index is 5.49. The van der Waals surface area contributed by atoms with Gasteiger partial charge in [0.25, 0.3) is 0 Å². The molecular weight excluding hydrogens is 290 g/mol. The second-order valence-corrected chi connectivity index (χ2v) is 5.90. The first-order valence-corrected chi connectivity index (χ1v) is 7.21. The van der Waals surface area contributed by atoms with Crippen LogP contribution in [0.3, 0.4) is 0 Å². The van der Waals surface area contributed by atoms with Crippen LogP contribution in [0.2, 0.25) is 0 Å². The van der Waals surface area contributed by atoms with Crippen molar-refractivity contribution in [1.82, 2.24) is 10.6 Å². The van der Waals surface area contributed by atoms with Gasteiger partial charge in [0.1, 0.15) is 16.4 Å². The van der Waals surface area contributed by atoms with Gasteiger partial charge in [0.15, 0.2) is 0 Å². The Kier molecular flexibility index (Phi) is 4.47. The highest BCUT2D eigenvalue weighted by Gasteiger charge is 2.38. The first kappa shape index (κ1) is 15.4. The quantitative estimate of drug-likeness (QED) is 0.783. The Morgan fingerprint density at radius 2 is 1.85 bits per heavy atom. The van der Waals surface area contributed by atoms with Gasteiger partial charge in [-0.25, -0.2) is 0 Å². The molecule has 108 valence electrons. The number of nitrogens with one attached hydrogen (secondary N) is 2. The lowest BCUT2D eigenvalue weighted by Gasteiger charge is -2.31. The van der Waals surface area contributed by atoms with E-state index in [1.165, 1.54) is 11.1 Å². The molecule has 0 amide bonds. The summed E-state index contributed by atoms with van der Waals surface area (Å²) in [5.74, 6) is 0. The van der Waals surface area contributed by atoms with Crippen LogP contribution in [0.15, 0.2) is 23.2 Å². The molecular formula is C15H20ClN3S. The van der Waals surface area contributed by atoms with Gasteiger partial charge in [-0.1, -0.05) is 24.4 Å². The summed E-state index contributed by atoms with van der Waals surface area (Å²) in [5.41, 5.74) is 4.53. The van der Waals surface area contributed by atoms with Crippen molar-refractivity contribution in [1.29, 1.82) is 0 Å². The van der Waals surface area contributed by atoms with Gasteiger partial charge in [-0.05, 0) is 44.1 Å². The minimum absolute atomic E-state index is 0. The number of aliphatic imine (C=N–C) groups is 1. The molecule has 1 aromatic carbocycles. The van der Waals surface area contributed by atoms with Crippen molar-refractivity contribution in [2.75, 3.05) is 13.1 Å². The molecule has 2 aliphatic heterocycles. The topological polar surface area (TPSA) is 36.4 Å². The van der Waals surface area contributed by atoms with Crippen molar-refractivity contribution in [2.45, 2.75) is 32.4 Å². The zero-order valence-corrected chi connectivity index (χ0v) is 13.5. The molecule has 5 heteroatoms. The Morgan fingerprint density at radius 1 is 1.15 bits per heavy atom. The summed E-state index contributed by atoms with van der Waals surface area (Å²) >= 11 is 5.49. The summed E-state index contributed by atoms with van der Waals surface area (Å²) in [6.07, 6.45) is 2.00. The van der Waals surface area contributed by atoms with E-state index in [1.807, 2.05) is 0 Å². The van der Waals surface area contributed by atoms with Crippen LogP contribution in [0, 0.1) is 13.8 Å². The summed E-state index contributed by atoms with van der Waals surface area (Å²) in [5, 5.41) is 6.81. The van der Waals surface area contributed by atoms with Crippen molar-refractivity contribution in [3.63, 3.8) is 0 Å². The Bertz CT molecular complexity index is 562. The van der Waals surface area contributed by atoms with Gasteiger partial charge in [0.05, 0.1) is 0 Å². The number of rotatable bonds is 1. The molecule has 0 saturated carbocycles. The fourth-order valence-corrected chi connectivity index (χ4v) is 3.08. The molecule has 3 nitrogen and oxygen atoms in total. The molecule has 1 spiro atoms. The average Bonchev–Trinajstić information content (AvgIpc) is 2.70. The number of halogens is 1. The lowest BCUT2D eigenvalue weighted by atomic mass is 10.00. The van der Waals surface area contributed by atoms with Crippen molar-refractivity contribution in [3.05, 3.63) is 34.9 Å². The SMILES string of the molecule is Cc1ccc(C2=NC3(CCNCC3)NC2=S)cc1C.Cl. The predicted molar refractivity (Wildman–Crippen MR) is 90.3 cm³/mol. The molecule has 2 N–H and O–H groups in total. The van der Waals surface area contributed by atoms with E-state index in [1.54, 1.807) is 0 Å². The minimum Gasteiger partial charge on any atom is -0.350 e. The maximum absolute atomic E-state index is 5.49. The third-order valence-corrected chi connectivity index (χ3v) is 4.39. The highest BCUT2D eigenvalue weighted by Crippen LogP contribution is 2.27. The fraction of sp³-hybridized carbons (Fsp3) is 0.467. The van der Waals surface area contributed by atoms with Crippen molar-refractivity contribution in [2.24, 2.45) is 4.99 Å². The monoisotopic (exact) mass is 309 g/mol. The lowest BCUT2D eigenvalue weighted by molar-refractivity contribution is 0.300. The third-order valence-electron chi connectivity index (χ3n) is 4.10. The first-order valence-electron chi connectivity index (χ1n) is 6.80. The Balaban J connectivity index is 0.00000147. The summed E-state index contributed by atoms with van der Waals surface area (Å²) in [6.45, 7) is 6.25. The van der Waals surface area contributed by atoms with Gasteiger partial charge in [0.2, 0.25) is 0 Å². The summed E-state index contributed by atoms with van der Waals surface area (Å²) in [4.78, 5) is 5.72. The van der Waals surface area contributed by atoms with Gasteiger partial charge >= 0.3 is 0 Å². The smallest absolute Gasteiger partial charge is 0.133 e. The molecule has 0 aromatic heterocycles. The highest BCUT2D eigenvalue weighted by molar-refractivity contribution is 7.82. The normalized spacial score (nSPS) is 20.3. The molecule has 0 bridgehead atoms. The largest absolute Gasteiger partial charge is 0.350 e. The lowest BCUT2D eigenvalue weighted by Crippen LogP contribution is -2.49. The van der Waals surface area contributed by atoms with E-state index < -0.39 is 0 Å². The summed E-state index contributed by atoms with van der Waals surface area (Å²) in [6, 6.07) is 6.45. The number of hydrogen-bond donors (Lipinski definition) is 2. The van der Waals surface area contributed by atoms with Gasteiger partial charge in [0, 0.05) is 18.4 Å². The molecule has 1 saturated heterocycles. The molecule has 0 radical (unpaired) electrons. The Hall–Kier alpha value is -0.970. The molecule has 1 fully saturated rings. The van der Waals surface area contributed by atoms with Crippen LogP contribution in [0.1, 0.15) is 29.5 Å². The molecule has 2 aliphatic rings. The molecule has 0 aliphatic carbocycles. The van der Waals surface area contributed by atoms with E-state index in [-0.39, 0.29) is 18.1 Å². The standard InChI is InChI=1S/C15H19N3S.ClH/c1-10-3-4-12(9-11(10)2)13-14(19)18-15(17-13)5-7-16-8-6-15;/h3-4,9,16H,5-8H2,1-2H3,(H,18,19);1H. The van der Waals surface area contributed by atoms with Gasteiger partial charge in [-0.2, -0.15) is 0 Å². The molecule has 20 heavy (non-hydrogen) atoms. The van der Waals surface area contributed by atoms with Gasteiger partial charge < -0.3 is 10.6 Å². The van der Waals surface area contributed by atoms with Crippen molar-refractivity contribution >= 4 is 35.3 Å². The minimum atomic E-state index is -0.156. The number of aryl methyl sites for hydroxylation is 2. The second kappa shape index (κ2) is 5.80. The van der Waals surface area contributed by atoms with Crippen LogP contribution in [-0.4, -0.2) is 29.5 Å². The first-order chi connectivity index (χ1) is 9.10. The molecule has 3 rings (SSSR count). The van der Waals surface area contributed by atoms with Crippen molar-refractivity contribution in [3.8, 4) is 0 Å². The second-order valence-electron chi connectivity index (χ2n) is 5.50. The van der Waals surface area contributed by atoms with Gasteiger partial charge in [-0.15, -0.1) is 12.4 Å². The number of thiocarbonyl (C=S) groups is 1. The maximum Gasteiger partial charge on any atom is 0.133 e. The van der Waals surface area contributed by atoms with Crippen LogP contribution in [0.4, 0.5) is 0 Å². The van der Waals surface area contributed by atoms with E-state index in [4.69, 9.17) is 17.2 Å². The van der Waals surface area contributed by atoms with E-state index in [0.717, 1.165) is 42.2 Å². The number of piperidine rings is 1.